The molecule has 34 heavy (non-hydrogen) atoms. The molecule has 2 aromatic carbocycles. The molecule has 2 aromatic heterocycles. The van der Waals surface area contributed by atoms with Crippen molar-refractivity contribution in [2.45, 2.75) is 25.9 Å². The number of aryl methyl sites for hydroxylation is 1. The van der Waals surface area contributed by atoms with E-state index in [2.05, 4.69) is 25.9 Å². The summed E-state index contributed by atoms with van der Waals surface area (Å²) < 4.78 is 0. The van der Waals surface area contributed by atoms with Crippen LogP contribution in [0.2, 0.25) is 0 Å². The van der Waals surface area contributed by atoms with Crippen LogP contribution < -0.4 is 16.0 Å². The van der Waals surface area contributed by atoms with E-state index in [0.29, 0.717) is 11.6 Å². The number of amides is 2. The number of pyridine rings is 1. The van der Waals surface area contributed by atoms with E-state index in [1.807, 2.05) is 79.7 Å². The van der Waals surface area contributed by atoms with Crippen LogP contribution in [0.5, 0.6) is 0 Å². The molecule has 3 N–H and O–H groups in total. The van der Waals surface area contributed by atoms with Crippen LogP contribution in [-0.2, 0) is 17.8 Å². The van der Waals surface area contributed by atoms with Crippen LogP contribution in [-0.4, -0.2) is 27.8 Å². The fraction of sp³-hybridized carbons (Fsp3) is 0.154. The molecule has 2 amide bonds. The molecule has 1 atom stereocenters. The fourth-order valence-electron chi connectivity index (χ4n) is 3.38. The third kappa shape index (κ3) is 6.49. The molecule has 172 valence electrons. The standard InChI is InChI=1S/C26H25N5O2S/c1-18-8-7-12-20(14-18)29-26-31-23(17-34-26)25(33)30-22(15-19-9-3-2-4-10-19)24(32)28-16-21-11-5-6-13-27-21/h2-14,17,22H,15-16H2,1H3,(H,28,32)(H,29,31)(H,30,33). The smallest absolute Gasteiger partial charge is 0.271 e. The maximum atomic E-state index is 13.0. The number of anilines is 2. The molecule has 0 radical (unpaired) electrons. The second-order valence-electron chi connectivity index (χ2n) is 7.79. The molecular formula is C26H25N5O2S. The summed E-state index contributed by atoms with van der Waals surface area (Å²) in [6, 6.07) is 22.3. The van der Waals surface area contributed by atoms with Crippen LogP contribution in [0.15, 0.2) is 84.4 Å². The molecule has 0 saturated heterocycles. The summed E-state index contributed by atoms with van der Waals surface area (Å²) in [5.74, 6) is -0.682. The summed E-state index contributed by atoms with van der Waals surface area (Å²) in [4.78, 5) is 34.6. The van der Waals surface area contributed by atoms with Gasteiger partial charge in [-0.25, -0.2) is 4.98 Å². The minimum Gasteiger partial charge on any atom is -0.349 e. The number of hydrogen-bond donors (Lipinski definition) is 3. The highest BCUT2D eigenvalue weighted by Crippen LogP contribution is 2.21. The van der Waals surface area contributed by atoms with Gasteiger partial charge in [0.2, 0.25) is 5.91 Å². The van der Waals surface area contributed by atoms with Crippen molar-refractivity contribution in [1.82, 2.24) is 20.6 Å². The van der Waals surface area contributed by atoms with Crippen molar-refractivity contribution in [3.8, 4) is 0 Å². The number of nitrogens with zero attached hydrogens (tertiary/aromatic N) is 2. The molecule has 0 bridgehead atoms. The topological polar surface area (TPSA) is 96.0 Å². The molecule has 0 saturated carbocycles. The molecule has 0 aliphatic rings. The molecule has 4 rings (SSSR count). The molecule has 0 spiro atoms. The van der Waals surface area contributed by atoms with Crippen LogP contribution in [0.4, 0.5) is 10.8 Å². The van der Waals surface area contributed by atoms with E-state index in [1.165, 1.54) is 11.3 Å². The lowest BCUT2D eigenvalue weighted by Crippen LogP contribution is -2.48. The highest BCUT2D eigenvalue weighted by Gasteiger charge is 2.23. The third-order valence-electron chi connectivity index (χ3n) is 5.08. The first-order valence-electron chi connectivity index (χ1n) is 10.9. The van der Waals surface area contributed by atoms with E-state index >= 15 is 0 Å². The molecule has 7 nitrogen and oxygen atoms in total. The van der Waals surface area contributed by atoms with Crippen molar-refractivity contribution in [2.75, 3.05) is 5.32 Å². The van der Waals surface area contributed by atoms with E-state index < -0.39 is 11.9 Å². The SMILES string of the molecule is Cc1cccc(Nc2nc(C(=O)NC(Cc3ccccc3)C(=O)NCc3ccccn3)cs2)c1. The Bertz CT molecular complexity index is 1240. The van der Waals surface area contributed by atoms with Gasteiger partial charge in [-0.1, -0.05) is 48.5 Å². The summed E-state index contributed by atoms with van der Waals surface area (Å²) in [5, 5.41) is 11.2. The second-order valence-corrected chi connectivity index (χ2v) is 8.65. The first-order chi connectivity index (χ1) is 16.6. The van der Waals surface area contributed by atoms with Crippen molar-refractivity contribution in [2.24, 2.45) is 0 Å². The summed E-state index contributed by atoms with van der Waals surface area (Å²) in [7, 11) is 0. The van der Waals surface area contributed by atoms with Gasteiger partial charge in [0.1, 0.15) is 11.7 Å². The average molecular weight is 472 g/mol. The van der Waals surface area contributed by atoms with Gasteiger partial charge in [-0.15, -0.1) is 11.3 Å². The number of thiazole rings is 1. The van der Waals surface area contributed by atoms with Gasteiger partial charge in [-0.3, -0.25) is 14.6 Å². The van der Waals surface area contributed by atoms with Gasteiger partial charge in [-0.2, -0.15) is 0 Å². The Kier molecular flexibility index (Phi) is 7.62. The van der Waals surface area contributed by atoms with E-state index in [0.717, 1.165) is 22.5 Å². The Morgan fingerprint density at radius 1 is 1.00 bits per heavy atom. The summed E-state index contributed by atoms with van der Waals surface area (Å²) >= 11 is 1.33. The van der Waals surface area contributed by atoms with Gasteiger partial charge in [0.05, 0.1) is 12.2 Å². The summed E-state index contributed by atoms with van der Waals surface area (Å²) in [6.45, 7) is 2.29. The van der Waals surface area contributed by atoms with E-state index in [9.17, 15) is 9.59 Å². The van der Waals surface area contributed by atoms with Gasteiger partial charge >= 0.3 is 0 Å². The predicted octanol–water partition coefficient (Wildman–Crippen LogP) is 4.25. The predicted molar refractivity (Wildman–Crippen MR) is 134 cm³/mol. The molecule has 0 fully saturated rings. The molecular weight excluding hydrogens is 446 g/mol. The molecule has 8 heteroatoms. The monoisotopic (exact) mass is 471 g/mol. The van der Waals surface area contributed by atoms with Crippen molar-refractivity contribution >= 4 is 34.0 Å². The van der Waals surface area contributed by atoms with Gasteiger partial charge in [0.25, 0.3) is 5.91 Å². The molecule has 0 aliphatic heterocycles. The number of nitrogens with one attached hydrogen (secondary N) is 3. The van der Waals surface area contributed by atoms with Crippen molar-refractivity contribution < 1.29 is 9.59 Å². The van der Waals surface area contributed by atoms with Crippen molar-refractivity contribution in [3.63, 3.8) is 0 Å². The van der Waals surface area contributed by atoms with Crippen LogP contribution in [0.25, 0.3) is 0 Å². The number of aromatic nitrogens is 2. The van der Waals surface area contributed by atoms with Crippen LogP contribution in [0, 0.1) is 6.92 Å². The lowest BCUT2D eigenvalue weighted by atomic mass is 10.0. The molecule has 0 aliphatic carbocycles. The first-order valence-corrected chi connectivity index (χ1v) is 11.8. The lowest BCUT2D eigenvalue weighted by Gasteiger charge is -2.18. The minimum absolute atomic E-state index is 0.260. The van der Waals surface area contributed by atoms with E-state index in [-0.39, 0.29) is 18.1 Å². The highest BCUT2D eigenvalue weighted by atomic mass is 32.1. The number of hydrogen-bond acceptors (Lipinski definition) is 6. The lowest BCUT2D eigenvalue weighted by molar-refractivity contribution is -0.123. The molecule has 2 heterocycles. The first kappa shape index (κ1) is 23.1. The maximum absolute atomic E-state index is 13.0. The molecule has 1 unspecified atom stereocenters. The highest BCUT2D eigenvalue weighted by molar-refractivity contribution is 7.14. The Hall–Kier alpha value is -4.04. The van der Waals surface area contributed by atoms with Crippen LogP contribution in [0.3, 0.4) is 0 Å². The normalized spacial score (nSPS) is 11.4. The van der Waals surface area contributed by atoms with Crippen molar-refractivity contribution in [1.29, 1.82) is 0 Å². The number of carbonyl (C=O) groups excluding carboxylic acids is 2. The number of carbonyl (C=O) groups is 2. The number of benzene rings is 2. The zero-order valence-electron chi connectivity index (χ0n) is 18.7. The largest absolute Gasteiger partial charge is 0.349 e. The van der Waals surface area contributed by atoms with Gasteiger partial charge < -0.3 is 16.0 Å². The van der Waals surface area contributed by atoms with Gasteiger partial charge in [0, 0.05) is 23.7 Å². The van der Waals surface area contributed by atoms with E-state index in [1.54, 1.807) is 11.6 Å². The third-order valence-corrected chi connectivity index (χ3v) is 5.84. The number of rotatable bonds is 9. The summed E-state index contributed by atoms with van der Waals surface area (Å²) in [6.07, 6.45) is 2.04. The average Bonchev–Trinajstić information content (AvgIpc) is 3.32. The zero-order valence-corrected chi connectivity index (χ0v) is 19.5. The Balaban J connectivity index is 1.44. The van der Waals surface area contributed by atoms with Crippen molar-refractivity contribution in [3.05, 3.63) is 107 Å². The Labute approximate surface area is 202 Å². The van der Waals surface area contributed by atoms with E-state index in [4.69, 9.17) is 0 Å². The van der Waals surface area contributed by atoms with Crippen LogP contribution in [0.1, 0.15) is 27.3 Å². The second kappa shape index (κ2) is 11.2. The quantitative estimate of drug-likeness (QED) is 0.339. The minimum atomic E-state index is -0.756. The Morgan fingerprint density at radius 2 is 1.82 bits per heavy atom. The molecule has 4 aromatic rings. The Morgan fingerprint density at radius 3 is 2.59 bits per heavy atom. The van der Waals surface area contributed by atoms with Gasteiger partial charge in [-0.05, 0) is 42.3 Å². The fourth-order valence-corrected chi connectivity index (χ4v) is 4.09. The van der Waals surface area contributed by atoms with Gasteiger partial charge in [0.15, 0.2) is 5.13 Å². The van der Waals surface area contributed by atoms with Crippen LogP contribution >= 0.6 is 11.3 Å². The summed E-state index contributed by atoms with van der Waals surface area (Å²) in [5.41, 5.74) is 3.97. The maximum Gasteiger partial charge on any atom is 0.271 e. The zero-order chi connectivity index (χ0) is 23.8.